The molecular formula is C24H35N5OS. The van der Waals surface area contributed by atoms with Crippen LogP contribution >= 0.6 is 11.3 Å². The molecular weight excluding hydrogens is 406 g/mol. The molecule has 2 aliphatic rings. The molecule has 0 unspecified atom stereocenters. The molecule has 0 spiro atoms. The van der Waals surface area contributed by atoms with Gasteiger partial charge in [0.1, 0.15) is 0 Å². The highest BCUT2D eigenvalue weighted by molar-refractivity contribution is 7.09. The molecule has 0 radical (unpaired) electrons. The molecule has 31 heavy (non-hydrogen) atoms. The van der Waals surface area contributed by atoms with E-state index in [1.54, 1.807) is 11.3 Å². The zero-order valence-electron chi connectivity index (χ0n) is 19.1. The maximum Gasteiger partial charge on any atom is 0.253 e. The fourth-order valence-corrected chi connectivity index (χ4v) is 5.15. The first-order valence-electron chi connectivity index (χ1n) is 11.6. The van der Waals surface area contributed by atoms with Gasteiger partial charge >= 0.3 is 0 Å². The van der Waals surface area contributed by atoms with Gasteiger partial charge in [0.25, 0.3) is 5.91 Å². The van der Waals surface area contributed by atoms with Gasteiger partial charge in [-0.1, -0.05) is 6.92 Å². The minimum absolute atomic E-state index is 0.151. The van der Waals surface area contributed by atoms with Gasteiger partial charge in [0, 0.05) is 81.6 Å². The Morgan fingerprint density at radius 2 is 1.68 bits per heavy atom. The molecule has 0 bridgehead atoms. The number of hydrogen-bond acceptors (Lipinski definition) is 6. The molecule has 3 heterocycles. The van der Waals surface area contributed by atoms with Crippen LogP contribution < -0.4 is 4.90 Å². The molecule has 2 aromatic rings. The molecule has 1 aromatic heterocycles. The number of amides is 1. The van der Waals surface area contributed by atoms with Gasteiger partial charge in [0.15, 0.2) is 0 Å². The summed E-state index contributed by atoms with van der Waals surface area (Å²) >= 11 is 1.75. The largest absolute Gasteiger partial charge is 0.369 e. The van der Waals surface area contributed by atoms with E-state index in [1.807, 2.05) is 17.0 Å². The third kappa shape index (κ3) is 5.45. The second-order valence-electron chi connectivity index (χ2n) is 8.82. The maximum atomic E-state index is 13.0. The summed E-state index contributed by atoms with van der Waals surface area (Å²) in [5.41, 5.74) is 3.18. The molecule has 4 rings (SSSR count). The Morgan fingerprint density at radius 3 is 2.26 bits per heavy atom. The number of hydrogen-bond donors (Lipinski definition) is 0. The van der Waals surface area contributed by atoms with E-state index >= 15 is 0 Å². The molecule has 1 amide bonds. The van der Waals surface area contributed by atoms with Crippen molar-refractivity contribution in [2.45, 2.75) is 39.8 Å². The quantitative estimate of drug-likeness (QED) is 0.689. The van der Waals surface area contributed by atoms with E-state index in [1.165, 1.54) is 10.7 Å². The van der Waals surface area contributed by atoms with E-state index in [9.17, 15) is 4.79 Å². The number of aryl methyl sites for hydroxylation is 1. The fraction of sp³-hybridized carbons (Fsp3) is 0.583. The van der Waals surface area contributed by atoms with E-state index in [2.05, 4.69) is 58.0 Å². The van der Waals surface area contributed by atoms with Gasteiger partial charge in [0.2, 0.25) is 0 Å². The van der Waals surface area contributed by atoms with E-state index in [4.69, 9.17) is 0 Å². The van der Waals surface area contributed by atoms with Gasteiger partial charge < -0.3 is 9.80 Å². The van der Waals surface area contributed by atoms with Crippen molar-refractivity contribution in [2.24, 2.45) is 0 Å². The van der Waals surface area contributed by atoms with Crippen molar-refractivity contribution in [1.82, 2.24) is 19.7 Å². The number of aromatic nitrogens is 1. The minimum atomic E-state index is 0.151. The average molecular weight is 442 g/mol. The smallest absolute Gasteiger partial charge is 0.253 e. The van der Waals surface area contributed by atoms with Crippen molar-refractivity contribution in [3.05, 3.63) is 45.9 Å². The number of anilines is 1. The second-order valence-corrected chi connectivity index (χ2v) is 9.76. The van der Waals surface area contributed by atoms with Gasteiger partial charge in [-0.2, -0.15) is 0 Å². The molecule has 0 N–H and O–H groups in total. The Balaban J connectivity index is 1.27. The number of rotatable bonds is 6. The highest BCUT2D eigenvalue weighted by Gasteiger charge is 2.23. The van der Waals surface area contributed by atoms with Crippen molar-refractivity contribution in [1.29, 1.82) is 0 Å². The highest BCUT2D eigenvalue weighted by Crippen LogP contribution is 2.20. The molecule has 2 fully saturated rings. The lowest BCUT2D eigenvalue weighted by Gasteiger charge is -2.38. The lowest BCUT2D eigenvalue weighted by atomic mass is 10.1. The van der Waals surface area contributed by atoms with Crippen LogP contribution in [0.3, 0.4) is 0 Å². The third-order valence-corrected chi connectivity index (χ3v) is 7.51. The summed E-state index contributed by atoms with van der Waals surface area (Å²) in [7, 11) is 0. The van der Waals surface area contributed by atoms with Crippen LogP contribution in [0.4, 0.5) is 5.69 Å². The lowest BCUT2D eigenvalue weighted by molar-refractivity contribution is 0.0627. The Hall–Kier alpha value is -1.96. The molecule has 0 atom stereocenters. The summed E-state index contributed by atoms with van der Waals surface area (Å²) in [6, 6.07) is 8.84. The van der Waals surface area contributed by atoms with Crippen molar-refractivity contribution in [3.63, 3.8) is 0 Å². The number of carbonyl (C=O) groups excluding carboxylic acids is 1. The lowest BCUT2D eigenvalue weighted by Crippen LogP contribution is -2.49. The zero-order valence-corrected chi connectivity index (χ0v) is 19.9. The van der Waals surface area contributed by atoms with Crippen LogP contribution in [-0.2, 0) is 13.0 Å². The summed E-state index contributed by atoms with van der Waals surface area (Å²) in [6.45, 7) is 15.2. The molecule has 168 valence electrons. The van der Waals surface area contributed by atoms with Gasteiger partial charge in [0.05, 0.1) is 10.7 Å². The van der Waals surface area contributed by atoms with Crippen LogP contribution in [0.15, 0.2) is 29.6 Å². The Kier molecular flexibility index (Phi) is 7.25. The molecule has 6 nitrogen and oxygen atoms in total. The standard InChI is InChI=1S/C24H35N5OS/c1-4-23-25-21(18-31-23)17-26-9-11-29(12-10-26)24(30)20-5-7-22(8-6-20)28-15-13-27(14-16-28)19(2)3/h5-8,18-19H,4,9-17H2,1-3H3. The number of benzene rings is 1. The first kappa shape index (κ1) is 22.2. The first-order valence-corrected chi connectivity index (χ1v) is 12.5. The monoisotopic (exact) mass is 441 g/mol. The second kappa shape index (κ2) is 10.1. The summed E-state index contributed by atoms with van der Waals surface area (Å²) < 4.78 is 0. The number of carbonyl (C=O) groups is 1. The fourth-order valence-electron chi connectivity index (χ4n) is 4.42. The predicted octanol–water partition coefficient (Wildman–Crippen LogP) is 3.19. The average Bonchev–Trinajstić information content (AvgIpc) is 3.27. The van der Waals surface area contributed by atoms with E-state index in [0.717, 1.165) is 76.6 Å². The van der Waals surface area contributed by atoms with E-state index in [-0.39, 0.29) is 5.91 Å². The van der Waals surface area contributed by atoms with Crippen LogP contribution in [0, 0.1) is 0 Å². The van der Waals surface area contributed by atoms with E-state index < -0.39 is 0 Å². The molecule has 2 saturated heterocycles. The van der Waals surface area contributed by atoms with Gasteiger partial charge in [-0.05, 0) is 44.5 Å². The van der Waals surface area contributed by atoms with Gasteiger partial charge in [-0.3, -0.25) is 14.6 Å². The summed E-state index contributed by atoms with van der Waals surface area (Å²) in [6.07, 6.45) is 1.000. The van der Waals surface area contributed by atoms with Crippen LogP contribution in [0.1, 0.15) is 41.8 Å². The highest BCUT2D eigenvalue weighted by atomic mass is 32.1. The van der Waals surface area contributed by atoms with Crippen molar-refractivity contribution >= 4 is 22.9 Å². The topological polar surface area (TPSA) is 42.9 Å². The maximum absolute atomic E-state index is 13.0. The minimum Gasteiger partial charge on any atom is -0.369 e. The summed E-state index contributed by atoms with van der Waals surface area (Å²) in [5.74, 6) is 0.151. The van der Waals surface area contributed by atoms with Crippen molar-refractivity contribution in [2.75, 3.05) is 57.3 Å². The van der Waals surface area contributed by atoms with E-state index in [0.29, 0.717) is 6.04 Å². The Bertz CT molecular complexity index is 849. The number of thiazole rings is 1. The normalized spacial score (nSPS) is 18.7. The number of piperazine rings is 2. The SMILES string of the molecule is CCc1nc(CN2CCN(C(=O)c3ccc(N4CCN(C(C)C)CC4)cc3)CC2)cs1. The molecule has 0 saturated carbocycles. The Morgan fingerprint density at radius 1 is 1.00 bits per heavy atom. The molecule has 2 aliphatic heterocycles. The van der Waals surface area contributed by atoms with Crippen LogP contribution in [-0.4, -0.2) is 84.0 Å². The van der Waals surface area contributed by atoms with Gasteiger partial charge in [-0.25, -0.2) is 4.98 Å². The molecule has 7 heteroatoms. The van der Waals surface area contributed by atoms with Gasteiger partial charge in [-0.15, -0.1) is 11.3 Å². The summed E-state index contributed by atoms with van der Waals surface area (Å²) in [5, 5.41) is 3.37. The van der Waals surface area contributed by atoms with Crippen LogP contribution in [0.2, 0.25) is 0 Å². The predicted molar refractivity (Wildman–Crippen MR) is 128 cm³/mol. The third-order valence-electron chi connectivity index (χ3n) is 6.47. The molecule has 0 aliphatic carbocycles. The number of nitrogens with zero attached hydrogens (tertiary/aromatic N) is 5. The van der Waals surface area contributed by atoms with Crippen molar-refractivity contribution in [3.8, 4) is 0 Å². The van der Waals surface area contributed by atoms with Crippen molar-refractivity contribution < 1.29 is 4.79 Å². The zero-order chi connectivity index (χ0) is 21.8. The Labute approximate surface area is 190 Å². The van der Waals surface area contributed by atoms with Crippen LogP contribution in [0.5, 0.6) is 0 Å². The summed E-state index contributed by atoms with van der Waals surface area (Å²) in [4.78, 5) is 27.0. The van der Waals surface area contributed by atoms with Crippen LogP contribution in [0.25, 0.3) is 0 Å². The molecule has 1 aromatic carbocycles. The first-order chi connectivity index (χ1) is 15.0.